The molecule has 1 aliphatic carbocycles. The molecule has 2 aromatic rings. The lowest BCUT2D eigenvalue weighted by Crippen LogP contribution is -2.20. The smallest absolute Gasteiger partial charge is 0.220 e. The van der Waals surface area contributed by atoms with Crippen molar-refractivity contribution in [1.82, 2.24) is 9.97 Å². The molecule has 0 radical (unpaired) electrons. The predicted octanol–water partition coefficient (Wildman–Crippen LogP) is 2.03. The van der Waals surface area contributed by atoms with E-state index in [0.29, 0.717) is 12.0 Å². The number of thiophene rings is 1. The number of carbonyl (C=O) groups excluding carboxylic acids is 1. The Balaban J connectivity index is 2.00. The summed E-state index contributed by atoms with van der Waals surface area (Å²) < 4.78 is 0. The average Bonchev–Trinajstić information content (AvgIpc) is 2.81. The van der Waals surface area contributed by atoms with E-state index in [0.717, 1.165) is 12.1 Å². The van der Waals surface area contributed by atoms with Gasteiger partial charge < -0.3 is 5.73 Å². The fourth-order valence-corrected chi connectivity index (χ4v) is 3.02. The Hall–Kier alpha value is -1.75. The first-order chi connectivity index (χ1) is 8.24. The van der Waals surface area contributed by atoms with Crippen molar-refractivity contribution >= 4 is 23.1 Å². The number of nitrogens with two attached hydrogens (primary N) is 1. The van der Waals surface area contributed by atoms with Gasteiger partial charge in [-0.05, 0) is 17.9 Å². The van der Waals surface area contributed by atoms with Crippen molar-refractivity contribution in [1.29, 1.82) is 0 Å². The van der Waals surface area contributed by atoms with Crippen molar-refractivity contribution in [2.24, 2.45) is 0 Å². The van der Waals surface area contributed by atoms with Crippen LogP contribution in [0.2, 0.25) is 0 Å². The molecule has 5 heteroatoms. The van der Waals surface area contributed by atoms with Gasteiger partial charge in [0.25, 0.3) is 0 Å². The SMILES string of the molecule is Nc1ncc2c(n1)C[C@H](c1cccs1)CC2=O. The molecule has 2 aromatic heterocycles. The van der Waals surface area contributed by atoms with Crippen LogP contribution in [0.3, 0.4) is 0 Å². The summed E-state index contributed by atoms with van der Waals surface area (Å²) in [5, 5.41) is 2.03. The van der Waals surface area contributed by atoms with E-state index < -0.39 is 0 Å². The number of Topliss-reactive ketones (excluding diaryl/α,β-unsaturated/α-hetero) is 1. The third-order valence-electron chi connectivity index (χ3n) is 3.00. The molecule has 0 aromatic carbocycles. The molecule has 0 bridgehead atoms. The van der Waals surface area contributed by atoms with Gasteiger partial charge in [-0.2, -0.15) is 0 Å². The molecule has 2 N–H and O–H groups in total. The molecule has 4 nitrogen and oxygen atoms in total. The number of nitrogens with zero attached hydrogens (tertiary/aromatic N) is 2. The van der Waals surface area contributed by atoms with E-state index in [1.807, 2.05) is 11.4 Å². The Bertz CT molecular complexity index is 565. The van der Waals surface area contributed by atoms with Crippen LogP contribution < -0.4 is 5.73 Å². The maximum absolute atomic E-state index is 12.0. The topological polar surface area (TPSA) is 68.9 Å². The second-order valence-corrected chi connectivity index (χ2v) is 5.11. The van der Waals surface area contributed by atoms with E-state index in [1.54, 1.807) is 17.5 Å². The summed E-state index contributed by atoms with van der Waals surface area (Å²) in [5.41, 5.74) is 6.98. The maximum Gasteiger partial charge on any atom is 0.220 e. The monoisotopic (exact) mass is 245 g/mol. The van der Waals surface area contributed by atoms with Gasteiger partial charge in [0.1, 0.15) is 0 Å². The van der Waals surface area contributed by atoms with Crippen molar-refractivity contribution in [2.45, 2.75) is 18.8 Å². The molecular formula is C12H11N3OS. The predicted molar refractivity (Wildman–Crippen MR) is 66.2 cm³/mol. The first kappa shape index (κ1) is 10.4. The van der Waals surface area contributed by atoms with Crippen LogP contribution in [-0.2, 0) is 6.42 Å². The van der Waals surface area contributed by atoms with Crippen LogP contribution in [0, 0.1) is 0 Å². The largest absolute Gasteiger partial charge is 0.368 e. The van der Waals surface area contributed by atoms with Gasteiger partial charge in [-0.3, -0.25) is 4.79 Å². The van der Waals surface area contributed by atoms with Gasteiger partial charge in [-0.15, -0.1) is 11.3 Å². The maximum atomic E-state index is 12.0. The van der Waals surface area contributed by atoms with E-state index in [4.69, 9.17) is 5.73 Å². The Morgan fingerprint density at radius 3 is 3.06 bits per heavy atom. The van der Waals surface area contributed by atoms with Crippen molar-refractivity contribution in [3.8, 4) is 0 Å². The van der Waals surface area contributed by atoms with Crippen LogP contribution in [-0.4, -0.2) is 15.8 Å². The Morgan fingerprint density at radius 1 is 1.41 bits per heavy atom. The minimum Gasteiger partial charge on any atom is -0.368 e. The van der Waals surface area contributed by atoms with Crippen LogP contribution in [0.4, 0.5) is 5.95 Å². The van der Waals surface area contributed by atoms with Gasteiger partial charge in [0, 0.05) is 23.4 Å². The van der Waals surface area contributed by atoms with Crippen molar-refractivity contribution in [3.63, 3.8) is 0 Å². The summed E-state index contributed by atoms with van der Waals surface area (Å²) in [7, 11) is 0. The van der Waals surface area contributed by atoms with Gasteiger partial charge in [0.15, 0.2) is 5.78 Å². The van der Waals surface area contributed by atoms with Gasteiger partial charge in [0.05, 0.1) is 11.3 Å². The average molecular weight is 245 g/mol. The van der Waals surface area contributed by atoms with Crippen LogP contribution in [0.5, 0.6) is 0 Å². The normalized spacial score (nSPS) is 19.1. The molecule has 0 aliphatic heterocycles. The molecule has 17 heavy (non-hydrogen) atoms. The Labute approximate surface area is 103 Å². The lowest BCUT2D eigenvalue weighted by Gasteiger charge is -2.21. The molecule has 86 valence electrons. The molecular weight excluding hydrogens is 234 g/mol. The summed E-state index contributed by atoms with van der Waals surface area (Å²) in [6.45, 7) is 0. The minimum atomic E-state index is 0.115. The van der Waals surface area contributed by atoms with Crippen molar-refractivity contribution in [2.75, 3.05) is 5.73 Å². The number of fused-ring (bicyclic) bond motifs is 1. The molecule has 0 saturated heterocycles. The van der Waals surface area contributed by atoms with Gasteiger partial charge in [-0.1, -0.05) is 6.07 Å². The number of hydrogen-bond donors (Lipinski definition) is 1. The highest BCUT2D eigenvalue weighted by atomic mass is 32.1. The number of anilines is 1. The van der Waals surface area contributed by atoms with E-state index in [2.05, 4.69) is 16.0 Å². The highest BCUT2D eigenvalue weighted by Gasteiger charge is 2.28. The van der Waals surface area contributed by atoms with Crippen LogP contribution >= 0.6 is 11.3 Å². The molecule has 0 fully saturated rings. The highest BCUT2D eigenvalue weighted by Crippen LogP contribution is 2.33. The zero-order chi connectivity index (χ0) is 11.8. The third kappa shape index (κ3) is 1.82. The van der Waals surface area contributed by atoms with Gasteiger partial charge in [-0.25, -0.2) is 9.97 Å². The van der Waals surface area contributed by atoms with E-state index in [1.165, 1.54) is 4.88 Å². The zero-order valence-electron chi connectivity index (χ0n) is 9.09. The van der Waals surface area contributed by atoms with Crippen LogP contribution in [0.15, 0.2) is 23.7 Å². The molecule has 0 amide bonds. The fourth-order valence-electron chi connectivity index (χ4n) is 2.19. The first-order valence-corrected chi connectivity index (χ1v) is 6.30. The van der Waals surface area contributed by atoms with Crippen LogP contribution in [0.25, 0.3) is 0 Å². The number of ketones is 1. The summed E-state index contributed by atoms with van der Waals surface area (Å²) in [5.74, 6) is 0.595. The molecule has 3 rings (SSSR count). The lowest BCUT2D eigenvalue weighted by molar-refractivity contribution is 0.0963. The van der Waals surface area contributed by atoms with Gasteiger partial charge in [0.2, 0.25) is 5.95 Å². The molecule has 0 spiro atoms. The minimum absolute atomic E-state index is 0.115. The fraction of sp³-hybridized carbons (Fsp3) is 0.250. The molecule has 1 atom stereocenters. The van der Waals surface area contributed by atoms with E-state index in [9.17, 15) is 4.79 Å². The molecule has 0 saturated carbocycles. The highest BCUT2D eigenvalue weighted by molar-refractivity contribution is 7.10. The number of aromatic nitrogens is 2. The molecule has 1 aliphatic rings. The molecule has 2 heterocycles. The summed E-state index contributed by atoms with van der Waals surface area (Å²) in [6, 6.07) is 4.08. The lowest BCUT2D eigenvalue weighted by atomic mass is 9.86. The number of hydrogen-bond acceptors (Lipinski definition) is 5. The first-order valence-electron chi connectivity index (χ1n) is 5.42. The summed E-state index contributed by atoms with van der Waals surface area (Å²) >= 11 is 1.68. The quantitative estimate of drug-likeness (QED) is 0.834. The van der Waals surface area contributed by atoms with E-state index in [-0.39, 0.29) is 17.6 Å². The molecule has 0 unspecified atom stereocenters. The summed E-state index contributed by atoms with van der Waals surface area (Å²) in [6.07, 6.45) is 2.86. The number of nitrogen functional groups attached to an aromatic ring is 1. The number of rotatable bonds is 1. The third-order valence-corrected chi connectivity index (χ3v) is 4.04. The van der Waals surface area contributed by atoms with Crippen molar-refractivity contribution in [3.05, 3.63) is 39.8 Å². The van der Waals surface area contributed by atoms with Crippen molar-refractivity contribution < 1.29 is 4.79 Å². The zero-order valence-corrected chi connectivity index (χ0v) is 9.91. The Kier molecular flexibility index (Phi) is 2.40. The standard InChI is InChI=1S/C12H11N3OS/c13-12-14-6-8-9(15-12)4-7(5-10(8)16)11-2-1-3-17-11/h1-3,6-7H,4-5H2,(H2,13,14,15)/t7-/m0/s1. The summed E-state index contributed by atoms with van der Waals surface area (Å²) in [4.78, 5) is 21.3. The second-order valence-electron chi connectivity index (χ2n) is 4.13. The van der Waals surface area contributed by atoms with E-state index >= 15 is 0 Å². The second kappa shape index (κ2) is 3.92. The number of carbonyl (C=O) groups is 1. The Morgan fingerprint density at radius 2 is 2.29 bits per heavy atom. The van der Waals surface area contributed by atoms with Crippen LogP contribution in [0.1, 0.15) is 33.3 Å². The van der Waals surface area contributed by atoms with Gasteiger partial charge >= 0.3 is 0 Å².